The summed E-state index contributed by atoms with van der Waals surface area (Å²) in [5.41, 5.74) is 0. The molecule has 0 aromatic carbocycles. The predicted molar refractivity (Wildman–Crippen MR) is 87.5 cm³/mol. The number of rotatable bonds is 12. The number of halogens is 1. The quantitative estimate of drug-likeness (QED) is 0.295. The Morgan fingerprint density at radius 1 is 0.857 bits per heavy atom. The Kier molecular flexibility index (Phi) is 12.7. The Labute approximate surface area is 137 Å². The number of hydrogen-bond donors (Lipinski definition) is 0. The molecular weight excluding hydrogens is 336 g/mol. The van der Waals surface area contributed by atoms with Crippen LogP contribution >= 0.6 is 15.9 Å². The first-order valence-corrected chi connectivity index (χ1v) is 8.97. The Balaban J connectivity index is 4.48. The number of unbranched alkanes of at least 4 members (excludes halogenated alkanes) is 3. The highest BCUT2D eigenvalue weighted by Crippen LogP contribution is 2.23. The zero-order valence-electron chi connectivity index (χ0n) is 13.5. The molecular formula is C16H29BrO4. The van der Waals surface area contributed by atoms with Crippen LogP contribution in [0.25, 0.3) is 0 Å². The van der Waals surface area contributed by atoms with E-state index in [4.69, 9.17) is 9.47 Å². The number of carbonyl (C=O) groups is 2. The van der Waals surface area contributed by atoms with Crippen molar-refractivity contribution in [2.24, 2.45) is 5.92 Å². The van der Waals surface area contributed by atoms with E-state index >= 15 is 0 Å². The second-order valence-electron chi connectivity index (χ2n) is 5.19. The molecule has 0 spiro atoms. The fourth-order valence-electron chi connectivity index (χ4n) is 1.79. The Morgan fingerprint density at radius 3 is 1.81 bits per heavy atom. The van der Waals surface area contributed by atoms with Gasteiger partial charge in [-0.3, -0.25) is 9.59 Å². The van der Waals surface area contributed by atoms with Crippen molar-refractivity contribution < 1.29 is 19.1 Å². The van der Waals surface area contributed by atoms with Gasteiger partial charge >= 0.3 is 11.9 Å². The SMILES string of the molecule is CCCCOC(=O)C(Br)C(CCCC)C(=O)OCCCC. The summed E-state index contributed by atoms with van der Waals surface area (Å²) in [5, 5.41) is 0. The van der Waals surface area contributed by atoms with Crippen LogP contribution in [0.3, 0.4) is 0 Å². The molecule has 0 aromatic heterocycles. The fraction of sp³-hybridized carbons (Fsp3) is 0.875. The first kappa shape index (κ1) is 20.4. The summed E-state index contributed by atoms with van der Waals surface area (Å²) >= 11 is 3.33. The Bertz CT molecular complexity index is 294. The van der Waals surface area contributed by atoms with Gasteiger partial charge in [0.05, 0.1) is 19.1 Å². The van der Waals surface area contributed by atoms with E-state index in [1.165, 1.54) is 0 Å². The topological polar surface area (TPSA) is 52.6 Å². The highest BCUT2D eigenvalue weighted by molar-refractivity contribution is 9.10. The summed E-state index contributed by atoms with van der Waals surface area (Å²) in [6.45, 7) is 6.96. The van der Waals surface area contributed by atoms with Gasteiger partial charge in [0.1, 0.15) is 4.83 Å². The van der Waals surface area contributed by atoms with Crippen molar-refractivity contribution in [2.45, 2.75) is 70.5 Å². The molecule has 2 atom stereocenters. The van der Waals surface area contributed by atoms with E-state index in [0.29, 0.717) is 19.6 Å². The van der Waals surface area contributed by atoms with Gasteiger partial charge in [0.15, 0.2) is 0 Å². The van der Waals surface area contributed by atoms with Crippen molar-refractivity contribution >= 4 is 27.9 Å². The maximum atomic E-state index is 12.1. The molecule has 0 N–H and O–H groups in total. The van der Waals surface area contributed by atoms with Gasteiger partial charge in [-0.05, 0) is 19.3 Å². The number of ether oxygens (including phenoxy) is 2. The first-order chi connectivity index (χ1) is 10.1. The Hall–Kier alpha value is -0.580. The smallest absolute Gasteiger partial charge is 0.320 e. The summed E-state index contributed by atoms with van der Waals surface area (Å²) in [4.78, 5) is 23.5. The normalized spacial score (nSPS) is 13.5. The summed E-state index contributed by atoms with van der Waals surface area (Å²) in [6.07, 6.45) is 6.13. The second-order valence-corrected chi connectivity index (χ2v) is 6.18. The minimum Gasteiger partial charge on any atom is -0.465 e. The lowest BCUT2D eigenvalue weighted by atomic mass is 9.98. The standard InChI is InChI=1S/C16H29BrO4/c1-4-7-10-13(15(18)20-11-8-5-2)14(17)16(19)21-12-9-6-3/h13-14H,4-12H2,1-3H3. The summed E-state index contributed by atoms with van der Waals surface area (Å²) in [5.74, 6) is -1.13. The van der Waals surface area contributed by atoms with Gasteiger partial charge in [0.2, 0.25) is 0 Å². The highest BCUT2D eigenvalue weighted by atomic mass is 79.9. The molecule has 0 aliphatic rings. The zero-order valence-corrected chi connectivity index (χ0v) is 15.1. The van der Waals surface area contributed by atoms with E-state index in [1.807, 2.05) is 13.8 Å². The van der Waals surface area contributed by atoms with Crippen molar-refractivity contribution in [1.29, 1.82) is 0 Å². The third-order valence-corrected chi connectivity index (χ3v) is 4.25. The number of alkyl halides is 1. The third kappa shape index (κ3) is 9.12. The lowest BCUT2D eigenvalue weighted by molar-refractivity contribution is -0.154. The largest absolute Gasteiger partial charge is 0.465 e. The van der Waals surface area contributed by atoms with Gasteiger partial charge in [-0.2, -0.15) is 0 Å². The molecule has 0 fully saturated rings. The average molecular weight is 365 g/mol. The molecule has 2 unspecified atom stereocenters. The van der Waals surface area contributed by atoms with Crippen LogP contribution in [0.1, 0.15) is 65.7 Å². The molecule has 0 aliphatic heterocycles. The summed E-state index contributed by atoms with van der Waals surface area (Å²) in [6, 6.07) is 0. The van der Waals surface area contributed by atoms with Crippen LogP contribution in [0.2, 0.25) is 0 Å². The molecule has 4 nitrogen and oxygen atoms in total. The van der Waals surface area contributed by atoms with Crippen molar-refractivity contribution in [1.82, 2.24) is 0 Å². The van der Waals surface area contributed by atoms with Gasteiger partial charge in [-0.25, -0.2) is 0 Å². The molecule has 0 saturated carbocycles. The van der Waals surface area contributed by atoms with E-state index in [2.05, 4.69) is 22.9 Å². The summed E-state index contributed by atoms with van der Waals surface area (Å²) < 4.78 is 10.4. The van der Waals surface area contributed by atoms with Gasteiger partial charge in [0.25, 0.3) is 0 Å². The minimum absolute atomic E-state index is 0.300. The van der Waals surface area contributed by atoms with Crippen LogP contribution in [0.5, 0.6) is 0 Å². The van der Waals surface area contributed by atoms with Gasteiger partial charge in [-0.15, -0.1) is 0 Å². The van der Waals surface area contributed by atoms with Gasteiger partial charge in [0, 0.05) is 0 Å². The van der Waals surface area contributed by atoms with E-state index in [9.17, 15) is 9.59 Å². The van der Waals surface area contributed by atoms with Crippen LogP contribution in [-0.4, -0.2) is 30.0 Å². The molecule has 0 radical (unpaired) electrons. The molecule has 0 aliphatic carbocycles. The van der Waals surface area contributed by atoms with Crippen LogP contribution < -0.4 is 0 Å². The average Bonchev–Trinajstić information content (AvgIpc) is 2.47. The highest BCUT2D eigenvalue weighted by Gasteiger charge is 2.33. The van der Waals surface area contributed by atoms with Gasteiger partial charge in [-0.1, -0.05) is 62.4 Å². The molecule has 0 aromatic rings. The number of hydrogen-bond acceptors (Lipinski definition) is 4. The van der Waals surface area contributed by atoms with E-state index in [1.54, 1.807) is 0 Å². The van der Waals surface area contributed by atoms with E-state index in [0.717, 1.165) is 38.5 Å². The zero-order chi connectivity index (χ0) is 16.1. The molecule has 0 saturated heterocycles. The molecule has 0 bridgehead atoms. The van der Waals surface area contributed by atoms with Crippen LogP contribution in [0.15, 0.2) is 0 Å². The minimum atomic E-state index is -0.616. The van der Waals surface area contributed by atoms with Crippen LogP contribution in [-0.2, 0) is 19.1 Å². The number of esters is 2. The maximum Gasteiger partial charge on any atom is 0.320 e. The van der Waals surface area contributed by atoms with Crippen molar-refractivity contribution in [3.63, 3.8) is 0 Å². The van der Waals surface area contributed by atoms with Gasteiger partial charge < -0.3 is 9.47 Å². The number of carbonyl (C=O) groups excluding carboxylic acids is 2. The van der Waals surface area contributed by atoms with Crippen LogP contribution in [0.4, 0.5) is 0 Å². The lowest BCUT2D eigenvalue weighted by Crippen LogP contribution is -2.33. The second kappa shape index (κ2) is 13.1. The first-order valence-electron chi connectivity index (χ1n) is 8.05. The fourth-order valence-corrected chi connectivity index (χ4v) is 2.41. The van der Waals surface area contributed by atoms with Crippen LogP contribution in [0, 0.1) is 5.92 Å². The molecule has 0 rings (SSSR count). The lowest BCUT2D eigenvalue weighted by Gasteiger charge is -2.20. The third-order valence-electron chi connectivity index (χ3n) is 3.23. The van der Waals surface area contributed by atoms with E-state index < -0.39 is 10.7 Å². The van der Waals surface area contributed by atoms with Crippen molar-refractivity contribution in [2.75, 3.05) is 13.2 Å². The van der Waals surface area contributed by atoms with E-state index in [-0.39, 0.29) is 11.9 Å². The predicted octanol–water partition coefficient (Wildman–Crippen LogP) is 4.24. The molecule has 21 heavy (non-hydrogen) atoms. The monoisotopic (exact) mass is 364 g/mol. The van der Waals surface area contributed by atoms with Crippen molar-refractivity contribution in [3.05, 3.63) is 0 Å². The molecule has 0 heterocycles. The maximum absolute atomic E-state index is 12.1. The van der Waals surface area contributed by atoms with Crippen molar-refractivity contribution in [3.8, 4) is 0 Å². The Morgan fingerprint density at radius 2 is 1.33 bits per heavy atom. The molecule has 5 heteroatoms. The molecule has 124 valence electrons. The molecule has 0 amide bonds. The summed E-state index contributed by atoms with van der Waals surface area (Å²) in [7, 11) is 0.